The Bertz CT molecular complexity index is 1710. The van der Waals surface area contributed by atoms with Crippen LogP contribution in [0.15, 0.2) is 69.5 Å². The maximum Gasteiger partial charge on any atom is 0.245 e. The first-order valence-electron chi connectivity index (χ1n) is 13.0. The van der Waals surface area contributed by atoms with Gasteiger partial charge < -0.3 is 11.1 Å². The second-order valence-corrected chi connectivity index (χ2v) is 13.5. The molecule has 1 amide bonds. The van der Waals surface area contributed by atoms with Gasteiger partial charge in [0.2, 0.25) is 11.0 Å². The number of carbonyl (C=O) groups excluding carboxylic acids is 2. The van der Waals surface area contributed by atoms with Crippen molar-refractivity contribution in [1.29, 1.82) is 5.26 Å². The topological polar surface area (TPSA) is 125 Å². The van der Waals surface area contributed by atoms with E-state index in [1.54, 1.807) is 16.7 Å². The molecule has 40 heavy (non-hydrogen) atoms. The van der Waals surface area contributed by atoms with Gasteiger partial charge >= 0.3 is 0 Å². The molecule has 3 aliphatic rings. The van der Waals surface area contributed by atoms with Crippen molar-refractivity contribution in [2.45, 2.75) is 56.0 Å². The zero-order chi connectivity index (χ0) is 28.4. The Morgan fingerprint density at radius 1 is 1.12 bits per heavy atom. The molecular weight excluding hydrogens is 541 g/mol. The Morgan fingerprint density at radius 3 is 2.65 bits per heavy atom. The number of fused-ring (bicyclic) bond motifs is 3. The Morgan fingerprint density at radius 2 is 1.90 bits per heavy atom. The number of ketones is 1. The maximum absolute atomic E-state index is 14.0. The SMILES string of the molecule is Cc1cccc(CSc2nnc(N3C(N)=C(C#N)[C@]4(C(=O)Nc5ccc(C)cc54)C4=C3CC(C)(C)CC4=O)s2)c1. The average molecular weight is 569 g/mol. The van der Waals surface area contributed by atoms with Crippen molar-refractivity contribution in [3.8, 4) is 6.07 Å². The normalized spacial score (nSPS) is 21.4. The molecule has 3 heterocycles. The number of hydrogen-bond acceptors (Lipinski definition) is 9. The van der Waals surface area contributed by atoms with Gasteiger partial charge in [0.15, 0.2) is 10.1 Å². The van der Waals surface area contributed by atoms with Gasteiger partial charge in [0.25, 0.3) is 0 Å². The van der Waals surface area contributed by atoms with E-state index in [-0.39, 0.29) is 29.0 Å². The standard InChI is InChI=1S/C30H28N6O2S2/c1-16-6-5-7-18(10-16)15-39-28-35-34-27(40-28)36-22-12-29(3,4)13-23(37)24(22)30(20(14-31)25(36)32)19-11-17(2)8-9-21(19)33-26(30)38/h5-11H,12-13,15,32H2,1-4H3,(H,33,38)/t30-/m0/s1. The fourth-order valence-electron chi connectivity index (χ4n) is 6.05. The lowest BCUT2D eigenvalue weighted by Gasteiger charge is -2.45. The van der Waals surface area contributed by atoms with E-state index in [0.717, 1.165) is 15.7 Å². The quantitative estimate of drug-likeness (QED) is 0.396. The Kier molecular flexibility index (Phi) is 6.13. The molecule has 0 radical (unpaired) electrons. The Hall–Kier alpha value is -3.94. The number of Topliss-reactive ketones (excluding diaryl/α,β-unsaturated/α-hetero) is 1. The molecule has 8 nitrogen and oxygen atoms in total. The average Bonchev–Trinajstić information content (AvgIpc) is 3.45. The van der Waals surface area contributed by atoms with Gasteiger partial charge in [0.1, 0.15) is 17.3 Å². The van der Waals surface area contributed by atoms with Crippen molar-refractivity contribution in [2.24, 2.45) is 11.1 Å². The van der Waals surface area contributed by atoms with Gasteiger partial charge in [0.05, 0.1) is 5.57 Å². The third-order valence-electron chi connectivity index (χ3n) is 7.68. The van der Waals surface area contributed by atoms with E-state index in [2.05, 4.69) is 46.7 Å². The molecule has 2 aromatic carbocycles. The van der Waals surface area contributed by atoms with E-state index in [0.29, 0.717) is 34.1 Å². The highest BCUT2D eigenvalue weighted by atomic mass is 32.2. The first kappa shape index (κ1) is 26.3. The molecule has 1 atom stereocenters. The van der Waals surface area contributed by atoms with Crippen molar-refractivity contribution in [2.75, 3.05) is 10.2 Å². The summed E-state index contributed by atoms with van der Waals surface area (Å²) in [6, 6.07) is 16.1. The highest BCUT2D eigenvalue weighted by Gasteiger charge is 2.61. The van der Waals surface area contributed by atoms with Crippen LogP contribution >= 0.6 is 23.1 Å². The van der Waals surface area contributed by atoms with Crippen LogP contribution in [-0.2, 0) is 20.8 Å². The summed E-state index contributed by atoms with van der Waals surface area (Å²) >= 11 is 2.92. The van der Waals surface area contributed by atoms with Crippen LogP contribution in [0.5, 0.6) is 0 Å². The van der Waals surface area contributed by atoms with Gasteiger partial charge in [-0.1, -0.05) is 84.5 Å². The minimum absolute atomic E-state index is 0.0327. The van der Waals surface area contributed by atoms with Gasteiger partial charge in [-0.05, 0) is 37.3 Å². The number of hydrogen-bond donors (Lipinski definition) is 2. The Balaban J connectivity index is 1.50. The van der Waals surface area contributed by atoms with Crippen LogP contribution in [0.1, 0.15) is 48.9 Å². The molecule has 0 unspecified atom stereocenters. The van der Waals surface area contributed by atoms with Gasteiger partial charge in [-0.3, -0.25) is 14.5 Å². The predicted molar refractivity (Wildman–Crippen MR) is 156 cm³/mol. The minimum atomic E-state index is -1.60. The van der Waals surface area contributed by atoms with E-state index in [1.165, 1.54) is 22.5 Å². The highest BCUT2D eigenvalue weighted by molar-refractivity contribution is 8.00. The molecule has 0 fully saturated rings. The number of nitrogens with two attached hydrogens (primary N) is 1. The zero-order valence-corrected chi connectivity index (χ0v) is 24.3. The monoisotopic (exact) mass is 568 g/mol. The van der Waals surface area contributed by atoms with Crippen LogP contribution in [0.3, 0.4) is 0 Å². The number of thioether (sulfide) groups is 1. The van der Waals surface area contributed by atoms with Crippen molar-refractivity contribution in [3.05, 3.63) is 87.4 Å². The van der Waals surface area contributed by atoms with Gasteiger partial charge in [-0.25, -0.2) is 0 Å². The molecule has 0 bridgehead atoms. The third kappa shape index (κ3) is 3.95. The molecule has 2 aliphatic heterocycles. The number of benzene rings is 2. The number of anilines is 2. The van der Waals surface area contributed by atoms with Gasteiger partial charge in [-0.2, -0.15) is 5.26 Å². The van der Waals surface area contributed by atoms with Crippen molar-refractivity contribution in [3.63, 3.8) is 0 Å². The summed E-state index contributed by atoms with van der Waals surface area (Å²) in [7, 11) is 0. The first-order chi connectivity index (χ1) is 19.0. The van der Waals surface area contributed by atoms with Gasteiger partial charge in [-0.15, -0.1) is 10.2 Å². The van der Waals surface area contributed by atoms with E-state index in [4.69, 9.17) is 5.73 Å². The largest absolute Gasteiger partial charge is 0.384 e. The molecule has 202 valence electrons. The number of aryl methyl sites for hydroxylation is 2. The molecule has 0 saturated heterocycles. The number of carbonyl (C=O) groups is 2. The Labute approximate surface area is 241 Å². The molecule has 3 aromatic rings. The summed E-state index contributed by atoms with van der Waals surface area (Å²) in [6.07, 6.45) is 0.733. The lowest BCUT2D eigenvalue weighted by molar-refractivity contribution is -0.123. The van der Waals surface area contributed by atoms with Crippen molar-refractivity contribution < 1.29 is 9.59 Å². The smallest absolute Gasteiger partial charge is 0.245 e. The van der Waals surface area contributed by atoms with Crippen LogP contribution in [0, 0.1) is 30.6 Å². The fraction of sp³-hybridized carbons (Fsp3) is 0.300. The van der Waals surface area contributed by atoms with Crippen LogP contribution in [0.25, 0.3) is 0 Å². The third-order valence-corrected chi connectivity index (χ3v) is 9.79. The summed E-state index contributed by atoms with van der Waals surface area (Å²) in [5.41, 5.74) is 10.2. The fourth-order valence-corrected chi connectivity index (χ4v) is 7.87. The zero-order valence-electron chi connectivity index (χ0n) is 22.7. The van der Waals surface area contributed by atoms with Crippen LogP contribution < -0.4 is 16.0 Å². The van der Waals surface area contributed by atoms with E-state index in [9.17, 15) is 14.9 Å². The molecule has 3 N–H and O–H groups in total. The maximum atomic E-state index is 14.0. The van der Waals surface area contributed by atoms with Crippen LogP contribution in [0.2, 0.25) is 0 Å². The van der Waals surface area contributed by atoms with Gasteiger partial charge in [0, 0.05) is 34.7 Å². The lowest BCUT2D eigenvalue weighted by atomic mass is 9.61. The van der Waals surface area contributed by atoms with E-state index < -0.39 is 11.3 Å². The summed E-state index contributed by atoms with van der Waals surface area (Å²) in [5.74, 6) is 0.228. The van der Waals surface area contributed by atoms with Crippen molar-refractivity contribution >= 4 is 45.6 Å². The summed E-state index contributed by atoms with van der Waals surface area (Å²) in [5, 5.41) is 22.8. The first-order valence-corrected chi connectivity index (χ1v) is 14.8. The number of aromatic nitrogens is 2. The lowest BCUT2D eigenvalue weighted by Crippen LogP contribution is -2.52. The number of allylic oxidation sites excluding steroid dienone is 1. The number of nitriles is 1. The molecule has 1 aromatic heterocycles. The summed E-state index contributed by atoms with van der Waals surface area (Å²) in [4.78, 5) is 29.6. The summed E-state index contributed by atoms with van der Waals surface area (Å²) < 4.78 is 0.742. The number of rotatable bonds is 4. The number of nitrogens with zero attached hydrogens (tertiary/aromatic N) is 4. The van der Waals surface area contributed by atoms with Crippen LogP contribution in [-0.4, -0.2) is 21.9 Å². The number of nitrogens with one attached hydrogen (secondary N) is 1. The van der Waals surface area contributed by atoms with E-state index in [1.807, 2.05) is 45.0 Å². The number of amides is 1. The summed E-state index contributed by atoms with van der Waals surface area (Å²) in [6.45, 7) is 8.03. The molecule has 1 spiro atoms. The van der Waals surface area contributed by atoms with Crippen molar-refractivity contribution in [1.82, 2.24) is 10.2 Å². The molecule has 0 saturated carbocycles. The molecular formula is C30H28N6O2S2. The minimum Gasteiger partial charge on any atom is -0.384 e. The second kappa shape index (κ2) is 9.32. The highest BCUT2D eigenvalue weighted by Crippen LogP contribution is 2.57. The molecule has 10 heteroatoms. The van der Waals surface area contributed by atoms with Crippen LogP contribution in [0.4, 0.5) is 10.8 Å². The second-order valence-electron chi connectivity index (χ2n) is 11.4. The molecule has 1 aliphatic carbocycles. The van der Waals surface area contributed by atoms with E-state index >= 15 is 0 Å². The molecule has 6 rings (SSSR count). The predicted octanol–water partition coefficient (Wildman–Crippen LogP) is 5.49.